The summed E-state index contributed by atoms with van der Waals surface area (Å²) in [7, 11) is 1.61. The van der Waals surface area contributed by atoms with Crippen LogP contribution in [0.1, 0.15) is 20.8 Å². The molecule has 0 spiro atoms. The van der Waals surface area contributed by atoms with Gasteiger partial charge in [-0.1, -0.05) is 0 Å². The zero-order chi connectivity index (χ0) is 15.0. The van der Waals surface area contributed by atoms with Crippen LogP contribution in [0.5, 0.6) is 5.75 Å². The first-order valence-electron chi connectivity index (χ1n) is 6.83. The van der Waals surface area contributed by atoms with Gasteiger partial charge in [-0.3, -0.25) is 4.79 Å². The van der Waals surface area contributed by atoms with Crippen molar-refractivity contribution in [3.8, 4) is 5.75 Å². The predicted molar refractivity (Wildman–Crippen MR) is 80.2 cm³/mol. The van der Waals surface area contributed by atoms with E-state index in [-0.39, 0.29) is 18.1 Å². The van der Waals surface area contributed by atoms with E-state index in [1.807, 2.05) is 45.0 Å². The minimum Gasteiger partial charge on any atom is -0.491 e. The first-order valence-corrected chi connectivity index (χ1v) is 6.83. The molecule has 1 rings (SSSR count). The highest BCUT2D eigenvalue weighted by Gasteiger charge is 2.11. The van der Waals surface area contributed by atoms with Crippen molar-refractivity contribution >= 4 is 11.6 Å². The summed E-state index contributed by atoms with van der Waals surface area (Å²) in [4.78, 5) is 11.8. The SMILES string of the molecule is COCCNC(=O)C(C)Nc1ccc(OC(C)C)cc1. The fraction of sp³-hybridized carbons (Fsp3) is 0.533. The second-order valence-corrected chi connectivity index (χ2v) is 4.84. The topological polar surface area (TPSA) is 59.6 Å². The molecule has 2 N–H and O–H groups in total. The summed E-state index contributed by atoms with van der Waals surface area (Å²) in [5.41, 5.74) is 0.885. The molecule has 1 aromatic rings. The van der Waals surface area contributed by atoms with Gasteiger partial charge in [0.15, 0.2) is 0 Å². The minimum absolute atomic E-state index is 0.0513. The van der Waals surface area contributed by atoms with Crippen LogP contribution in [0.2, 0.25) is 0 Å². The Kier molecular flexibility index (Phi) is 6.87. The molecule has 0 saturated heterocycles. The van der Waals surface area contributed by atoms with E-state index in [9.17, 15) is 4.79 Å². The molecule has 1 unspecified atom stereocenters. The molecule has 5 heteroatoms. The summed E-state index contributed by atoms with van der Waals surface area (Å²) >= 11 is 0. The maximum atomic E-state index is 11.8. The highest BCUT2D eigenvalue weighted by atomic mass is 16.5. The number of nitrogens with one attached hydrogen (secondary N) is 2. The molecule has 1 amide bonds. The van der Waals surface area contributed by atoms with Gasteiger partial charge >= 0.3 is 0 Å². The van der Waals surface area contributed by atoms with Crippen LogP contribution in [0, 0.1) is 0 Å². The molecule has 0 aliphatic carbocycles. The van der Waals surface area contributed by atoms with Gasteiger partial charge in [-0.15, -0.1) is 0 Å². The number of amides is 1. The van der Waals surface area contributed by atoms with Crippen molar-refractivity contribution in [2.24, 2.45) is 0 Å². The Labute approximate surface area is 120 Å². The van der Waals surface area contributed by atoms with Crippen molar-refractivity contribution in [1.29, 1.82) is 0 Å². The third-order valence-corrected chi connectivity index (χ3v) is 2.61. The lowest BCUT2D eigenvalue weighted by Crippen LogP contribution is -2.39. The molecule has 20 heavy (non-hydrogen) atoms. The molecule has 0 aliphatic rings. The van der Waals surface area contributed by atoms with Crippen molar-refractivity contribution in [2.45, 2.75) is 32.9 Å². The molecule has 0 aromatic heterocycles. The van der Waals surface area contributed by atoms with Crippen LogP contribution in [-0.2, 0) is 9.53 Å². The standard InChI is InChI=1S/C15H24N2O3/c1-11(2)20-14-7-5-13(6-8-14)17-12(3)15(18)16-9-10-19-4/h5-8,11-12,17H,9-10H2,1-4H3,(H,16,18). The molecule has 1 atom stereocenters. The summed E-state index contributed by atoms with van der Waals surface area (Å²) in [6, 6.07) is 7.27. The third-order valence-electron chi connectivity index (χ3n) is 2.61. The van der Waals surface area contributed by atoms with E-state index in [1.165, 1.54) is 0 Å². The van der Waals surface area contributed by atoms with E-state index in [4.69, 9.17) is 9.47 Å². The number of rotatable bonds is 8. The van der Waals surface area contributed by atoms with Crippen LogP contribution in [0.3, 0.4) is 0 Å². The van der Waals surface area contributed by atoms with Crippen molar-refractivity contribution in [2.75, 3.05) is 25.6 Å². The van der Waals surface area contributed by atoms with E-state index < -0.39 is 0 Å². The van der Waals surface area contributed by atoms with E-state index in [2.05, 4.69) is 10.6 Å². The van der Waals surface area contributed by atoms with Crippen LogP contribution in [0.25, 0.3) is 0 Å². The molecule has 112 valence electrons. The fourth-order valence-electron chi connectivity index (χ4n) is 1.65. The van der Waals surface area contributed by atoms with Crippen LogP contribution in [-0.4, -0.2) is 38.3 Å². The molecule has 0 bridgehead atoms. The zero-order valence-electron chi connectivity index (χ0n) is 12.6. The maximum absolute atomic E-state index is 11.8. The van der Waals surface area contributed by atoms with Gasteiger partial charge in [-0.05, 0) is 45.0 Å². The summed E-state index contributed by atoms with van der Waals surface area (Å²) < 4.78 is 10.5. The van der Waals surface area contributed by atoms with Crippen molar-refractivity contribution in [3.63, 3.8) is 0 Å². The number of hydrogen-bond donors (Lipinski definition) is 2. The van der Waals surface area contributed by atoms with Gasteiger partial charge in [-0.25, -0.2) is 0 Å². The average molecular weight is 280 g/mol. The van der Waals surface area contributed by atoms with Crippen LogP contribution < -0.4 is 15.4 Å². The highest BCUT2D eigenvalue weighted by Crippen LogP contribution is 2.17. The maximum Gasteiger partial charge on any atom is 0.242 e. The molecular formula is C15H24N2O3. The molecule has 1 aromatic carbocycles. The van der Waals surface area contributed by atoms with Gasteiger partial charge in [0.05, 0.1) is 12.7 Å². The molecule has 0 radical (unpaired) electrons. The molecule has 0 fully saturated rings. The fourth-order valence-corrected chi connectivity index (χ4v) is 1.65. The quantitative estimate of drug-likeness (QED) is 0.715. The first-order chi connectivity index (χ1) is 9.52. The Bertz CT molecular complexity index is 404. The molecule has 5 nitrogen and oxygen atoms in total. The number of benzene rings is 1. The van der Waals surface area contributed by atoms with Gasteiger partial charge in [0.1, 0.15) is 11.8 Å². The molecule has 0 heterocycles. The normalized spacial score (nSPS) is 12.1. The number of carbonyl (C=O) groups excluding carboxylic acids is 1. The van der Waals surface area contributed by atoms with Gasteiger partial charge in [0.2, 0.25) is 5.91 Å². The van der Waals surface area contributed by atoms with Crippen LogP contribution in [0.4, 0.5) is 5.69 Å². The average Bonchev–Trinajstić information content (AvgIpc) is 2.40. The van der Waals surface area contributed by atoms with Gasteiger partial charge < -0.3 is 20.1 Å². The lowest BCUT2D eigenvalue weighted by molar-refractivity contribution is -0.121. The molecule has 0 aliphatic heterocycles. The third kappa shape index (κ3) is 5.93. The van der Waals surface area contributed by atoms with Crippen molar-refractivity contribution < 1.29 is 14.3 Å². The second-order valence-electron chi connectivity index (χ2n) is 4.84. The van der Waals surface area contributed by atoms with E-state index in [1.54, 1.807) is 7.11 Å². The van der Waals surface area contributed by atoms with Crippen molar-refractivity contribution in [1.82, 2.24) is 5.32 Å². The largest absolute Gasteiger partial charge is 0.491 e. The number of ether oxygens (including phenoxy) is 2. The Morgan fingerprint density at radius 2 is 1.85 bits per heavy atom. The Hall–Kier alpha value is -1.75. The minimum atomic E-state index is -0.302. The Balaban J connectivity index is 2.45. The Morgan fingerprint density at radius 1 is 1.20 bits per heavy atom. The van der Waals surface area contributed by atoms with Gasteiger partial charge in [0.25, 0.3) is 0 Å². The number of carbonyl (C=O) groups is 1. The number of methoxy groups -OCH3 is 1. The summed E-state index contributed by atoms with van der Waals surface area (Å²) in [5, 5.41) is 5.93. The van der Waals surface area contributed by atoms with Crippen LogP contribution >= 0.6 is 0 Å². The zero-order valence-corrected chi connectivity index (χ0v) is 12.6. The van der Waals surface area contributed by atoms with Crippen LogP contribution in [0.15, 0.2) is 24.3 Å². The first kappa shape index (κ1) is 16.3. The van der Waals surface area contributed by atoms with Crippen molar-refractivity contribution in [3.05, 3.63) is 24.3 Å². The number of hydrogen-bond acceptors (Lipinski definition) is 4. The lowest BCUT2D eigenvalue weighted by Gasteiger charge is -2.16. The molecule has 0 saturated carbocycles. The summed E-state index contributed by atoms with van der Waals surface area (Å²) in [6.45, 7) is 6.82. The summed E-state index contributed by atoms with van der Waals surface area (Å²) in [6.07, 6.45) is 0.152. The Morgan fingerprint density at radius 3 is 2.40 bits per heavy atom. The molecular weight excluding hydrogens is 256 g/mol. The smallest absolute Gasteiger partial charge is 0.242 e. The van der Waals surface area contributed by atoms with Gasteiger partial charge in [-0.2, -0.15) is 0 Å². The monoisotopic (exact) mass is 280 g/mol. The van der Waals surface area contributed by atoms with Gasteiger partial charge in [0, 0.05) is 19.3 Å². The number of anilines is 1. The summed E-state index contributed by atoms with van der Waals surface area (Å²) in [5.74, 6) is 0.771. The van der Waals surface area contributed by atoms with E-state index >= 15 is 0 Å². The second kappa shape index (κ2) is 8.43. The predicted octanol–water partition coefficient (Wildman–Crippen LogP) is 2.04. The lowest BCUT2D eigenvalue weighted by atomic mass is 10.2. The highest BCUT2D eigenvalue weighted by molar-refractivity contribution is 5.84. The van der Waals surface area contributed by atoms with E-state index in [0.717, 1.165) is 11.4 Å². The van der Waals surface area contributed by atoms with E-state index in [0.29, 0.717) is 13.2 Å².